The Balaban J connectivity index is 2.15. The van der Waals surface area contributed by atoms with Gasteiger partial charge in [-0.25, -0.2) is 8.42 Å². The maximum atomic E-state index is 12.2. The molecule has 1 atom stereocenters. The van der Waals surface area contributed by atoms with Gasteiger partial charge in [-0.1, -0.05) is 0 Å². The molecule has 7 heteroatoms. The Hall–Kier alpha value is -0.660. The molecule has 1 amide bonds. The molecule has 0 aromatic heterocycles. The number of carbonyl (C=O) groups excluding carboxylic acids is 1. The largest absolute Gasteiger partial charge is 0.340 e. The summed E-state index contributed by atoms with van der Waals surface area (Å²) in [5, 5.41) is 0. The van der Waals surface area contributed by atoms with Crippen molar-refractivity contribution >= 4 is 15.9 Å². The lowest BCUT2D eigenvalue weighted by atomic mass is 9.87. The van der Waals surface area contributed by atoms with Crippen LogP contribution in [0.15, 0.2) is 0 Å². The average Bonchev–Trinajstić information content (AvgIpc) is 2.71. The molecule has 1 spiro atoms. The van der Waals surface area contributed by atoms with Crippen molar-refractivity contribution in [3.05, 3.63) is 0 Å². The summed E-state index contributed by atoms with van der Waals surface area (Å²) >= 11 is 0. The Morgan fingerprint density at radius 1 is 1.20 bits per heavy atom. The first-order valence-corrected chi connectivity index (χ1v) is 9.00. The number of amides is 1. The normalized spacial score (nSPS) is 28.5. The fraction of sp³-hybridized carbons (Fsp3) is 0.923. The summed E-state index contributed by atoms with van der Waals surface area (Å²) in [4.78, 5) is 15.9. The van der Waals surface area contributed by atoms with Gasteiger partial charge >= 0.3 is 0 Å². The van der Waals surface area contributed by atoms with E-state index in [9.17, 15) is 13.2 Å². The molecule has 0 radical (unpaired) electrons. The third kappa shape index (κ3) is 3.15. The zero-order chi connectivity index (χ0) is 15.0. The van der Waals surface area contributed by atoms with Gasteiger partial charge in [0.05, 0.1) is 18.3 Å². The van der Waals surface area contributed by atoms with E-state index in [2.05, 4.69) is 0 Å². The number of rotatable bonds is 3. The van der Waals surface area contributed by atoms with Gasteiger partial charge in [-0.2, -0.15) is 4.31 Å². The molecule has 116 valence electrons. The molecule has 2 heterocycles. The number of likely N-dealkylation sites (N-methyl/N-ethyl adjacent to an activating group) is 1. The van der Waals surface area contributed by atoms with Crippen LogP contribution in [0.4, 0.5) is 0 Å². The number of hydrogen-bond acceptors (Lipinski definition) is 4. The smallest absolute Gasteiger partial charge is 0.236 e. The molecule has 0 aromatic carbocycles. The summed E-state index contributed by atoms with van der Waals surface area (Å²) in [5.74, 6) is 0.0921. The molecule has 20 heavy (non-hydrogen) atoms. The van der Waals surface area contributed by atoms with Crippen molar-refractivity contribution in [3.8, 4) is 0 Å². The van der Waals surface area contributed by atoms with E-state index in [-0.39, 0.29) is 11.4 Å². The summed E-state index contributed by atoms with van der Waals surface area (Å²) in [6.45, 7) is 2.27. The lowest BCUT2D eigenvalue weighted by Gasteiger charge is -2.45. The molecule has 2 aliphatic heterocycles. The van der Waals surface area contributed by atoms with Crippen LogP contribution in [0.5, 0.6) is 0 Å². The molecule has 0 saturated carbocycles. The van der Waals surface area contributed by atoms with Crippen molar-refractivity contribution in [3.63, 3.8) is 0 Å². The number of carbonyl (C=O) groups is 1. The lowest BCUT2D eigenvalue weighted by Crippen LogP contribution is -2.58. The minimum atomic E-state index is -3.20. The van der Waals surface area contributed by atoms with Gasteiger partial charge in [0, 0.05) is 19.6 Å². The highest BCUT2D eigenvalue weighted by molar-refractivity contribution is 7.88. The standard InChI is InChI=1S/C13H25N3O3S/c1-14(2)10-12(17)15-8-4-6-13(11-15)7-5-9-16(13)20(3,18)19/h4-11H2,1-3H3/t13-/m0/s1. The molecule has 0 unspecified atom stereocenters. The molecule has 6 nitrogen and oxygen atoms in total. The van der Waals surface area contributed by atoms with Gasteiger partial charge in [-0.15, -0.1) is 0 Å². The van der Waals surface area contributed by atoms with Crippen molar-refractivity contribution in [2.45, 2.75) is 31.2 Å². The Labute approximate surface area is 121 Å². The minimum absolute atomic E-state index is 0.0921. The summed E-state index contributed by atoms with van der Waals surface area (Å²) in [7, 11) is 0.544. The number of hydrogen-bond donors (Lipinski definition) is 0. The van der Waals surface area contributed by atoms with E-state index < -0.39 is 10.0 Å². The molecule has 0 bridgehead atoms. The highest BCUT2D eigenvalue weighted by Crippen LogP contribution is 2.38. The second-order valence-electron chi connectivity index (χ2n) is 6.32. The van der Waals surface area contributed by atoms with E-state index >= 15 is 0 Å². The SMILES string of the molecule is CN(C)CC(=O)N1CCC[C@]2(CCCN2S(C)(=O)=O)C1. The topological polar surface area (TPSA) is 60.9 Å². The summed E-state index contributed by atoms with van der Waals surface area (Å²) in [5.41, 5.74) is -0.353. The van der Waals surface area contributed by atoms with E-state index in [0.717, 1.165) is 32.2 Å². The van der Waals surface area contributed by atoms with Crippen LogP contribution in [0.25, 0.3) is 0 Å². The van der Waals surface area contributed by atoms with Crippen LogP contribution in [-0.4, -0.2) is 80.5 Å². The molecule has 2 fully saturated rings. The minimum Gasteiger partial charge on any atom is -0.340 e. The van der Waals surface area contributed by atoms with E-state index in [0.29, 0.717) is 19.6 Å². The highest BCUT2D eigenvalue weighted by atomic mass is 32.2. The maximum Gasteiger partial charge on any atom is 0.236 e. The number of nitrogens with zero attached hydrogens (tertiary/aromatic N) is 3. The first kappa shape index (κ1) is 15.7. The maximum absolute atomic E-state index is 12.2. The molecule has 2 aliphatic rings. The van der Waals surface area contributed by atoms with Crippen LogP contribution in [-0.2, 0) is 14.8 Å². The third-order valence-corrected chi connectivity index (χ3v) is 5.66. The lowest BCUT2D eigenvalue weighted by molar-refractivity contribution is -0.134. The van der Waals surface area contributed by atoms with Crippen LogP contribution in [0.3, 0.4) is 0 Å². The number of sulfonamides is 1. The first-order valence-electron chi connectivity index (χ1n) is 7.15. The first-order chi connectivity index (χ1) is 9.24. The zero-order valence-electron chi connectivity index (χ0n) is 12.6. The predicted molar refractivity (Wildman–Crippen MR) is 77.9 cm³/mol. The van der Waals surface area contributed by atoms with Crippen molar-refractivity contribution < 1.29 is 13.2 Å². The second kappa shape index (κ2) is 5.61. The zero-order valence-corrected chi connectivity index (χ0v) is 13.4. The van der Waals surface area contributed by atoms with Crippen LogP contribution in [0.1, 0.15) is 25.7 Å². The van der Waals surface area contributed by atoms with Gasteiger partial charge in [0.2, 0.25) is 15.9 Å². The fourth-order valence-electron chi connectivity index (χ4n) is 3.53. The Bertz CT molecular complexity index is 477. The van der Waals surface area contributed by atoms with Crippen LogP contribution in [0, 0.1) is 0 Å². The van der Waals surface area contributed by atoms with E-state index in [4.69, 9.17) is 0 Å². The molecule has 0 N–H and O–H groups in total. The summed E-state index contributed by atoms with van der Waals surface area (Å²) < 4.78 is 25.6. The Morgan fingerprint density at radius 3 is 2.35 bits per heavy atom. The van der Waals surface area contributed by atoms with Crippen molar-refractivity contribution in [1.29, 1.82) is 0 Å². The molecule has 0 aromatic rings. The molecular weight excluding hydrogens is 278 g/mol. The van der Waals surface area contributed by atoms with Gasteiger partial charge in [0.1, 0.15) is 0 Å². The van der Waals surface area contributed by atoms with Gasteiger partial charge in [0.25, 0.3) is 0 Å². The second-order valence-corrected chi connectivity index (χ2v) is 8.23. The Morgan fingerprint density at radius 2 is 1.80 bits per heavy atom. The quantitative estimate of drug-likeness (QED) is 0.734. The van der Waals surface area contributed by atoms with E-state index in [1.165, 1.54) is 6.26 Å². The molecule has 2 rings (SSSR count). The molecular formula is C13H25N3O3S. The Kier molecular flexibility index (Phi) is 4.41. The monoisotopic (exact) mass is 303 g/mol. The summed E-state index contributed by atoms with van der Waals surface area (Å²) in [6.07, 6.45) is 4.78. The number of piperidine rings is 1. The number of likely N-dealkylation sites (tertiary alicyclic amines) is 1. The van der Waals surface area contributed by atoms with Crippen molar-refractivity contribution in [2.24, 2.45) is 0 Å². The van der Waals surface area contributed by atoms with Gasteiger partial charge in [-0.3, -0.25) is 4.79 Å². The average molecular weight is 303 g/mol. The van der Waals surface area contributed by atoms with E-state index in [1.54, 1.807) is 4.31 Å². The predicted octanol–water partition coefficient (Wildman–Crippen LogP) is -0.0354. The fourth-order valence-corrected chi connectivity index (χ4v) is 4.94. The molecule has 2 saturated heterocycles. The van der Waals surface area contributed by atoms with Crippen LogP contribution in [0.2, 0.25) is 0 Å². The van der Waals surface area contributed by atoms with E-state index in [1.807, 2.05) is 23.9 Å². The van der Waals surface area contributed by atoms with Crippen LogP contribution >= 0.6 is 0 Å². The third-order valence-electron chi connectivity index (χ3n) is 4.29. The van der Waals surface area contributed by atoms with Crippen LogP contribution < -0.4 is 0 Å². The summed E-state index contributed by atoms with van der Waals surface area (Å²) in [6, 6.07) is 0. The van der Waals surface area contributed by atoms with Gasteiger partial charge in [0.15, 0.2) is 0 Å². The van der Waals surface area contributed by atoms with Crippen molar-refractivity contribution in [2.75, 3.05) is 46.5 Å². The highest BCUT2D eigenvalue weighted by Gasteiger charge is 2.48. The molecule has 0 aliphatic carbocycles. The van der Waals surface area contributed by atoms with Gasteiger partial charge < -0.3 is 9.80 Å². The van der Waals surface area contributed by atoms with Crippen molar-refractivity contribution in [1.82, 2.24) is 14.1 Å². The van der Waals surface area contributed by atoms with Gasteiger partial charge in [-0.05, 0) is 39.8 Å².